The van der Waals surface area contributed by atoms with E-state index in [9.17, 15) is 0 Å². The molecule has 0 saturated heterocycles. The summed E-state index contributed by atoms with van der Waals surface area (Å²) < 4.78 is 0. The topological polar surface area (TPSA) is 37.8 Å². The zero-order chi connectivity index (χ0) is 13.1. The fourth-order valence-corrected chi connectivity index (χ4v) is 2.17. The molecule has 3 heteroatoms. The third-order valence-electron chi connectivity index (χ3n) is 3.15. The Bertz CT molecular complexity index is 674. The van der Waals surface area contributed by atoms with Crippen molar-refractivity contribution in [3.05, 3.63) is 66.6 Å². The number of fused-ring (bicyclic) bond motifs is 1. The van der Waals surface area contributed by atoms with Gasteiger partial charge in [0.1, 0.15) is 0 Å². The second kappa shape index (κ2) is 5.06. The molecule has 0 spiro atoms. The van der Waals surface area contributed by atoms with Gasteiger partial charge in [0.2, 0.25) is 0 Å². The van der Waals surface area contributed by atoms with Gasteiger partial charge in [-0.2, -0.15) is 0 Å². The largest absolute Gasteiger partial charge is 0.376 e. The Morgan fingerprint density at radius 3 is 2.63 bits per heavy atom. The number of hydrogen-bond acceptors (Lipinski definition) is 3. The molecule has 1 N–H and O–H groups in total. The molecular weight excluding hydrogens is 234 g/mol. The second-order valence-corrected chi connectivity index (χ2v) is 4.50. The summed E-state index contributed by atoms with van der Waals surface area (Å²) in [5.74, 6) is 0. The van der Waals surface area contributed by atoms with Crippen LogP contribution in [0.1, 0.15) is 18.7 Å². The average Bonchev–Trinajstić information content (AvgIpc) is 2.48. The van der Waals surface area contributed by atoms with E-state index in [0.717, 1.165) is 22.3 Å². The van der Waals surface area contributed by atoms with Crippen LogP contribution in [0.15, 0.2) is 60.9 Å². The predicted octanol–water partition coefficient (Wildman–Crippen LogP) is 3.80. The zero-order valence-corrected chi connectivity index (χ0v) is 10.7. The highest BCUT2D eigenvalue weighted by Gasteiger charge is 2.08. The molecule has 0 saturated carbocycles. The molecule has 0 aliphatic rings. The van der Waals surface area contributed by atoms with Gasteiger partial charge in [-0.3, -0.25) is 9.97 Å². The van der Waals surface area contributed by atoms with Crippen molar-refractivity contribution < 1.29 is 0 Å². The number of pyridine rings is 2. The molecule has 3 nitrogen and oxygen atoms in total. The molecule has 3 aromatic rings. The summed E-state index contributed by atoms with van der Waals surface area (Å²) in [6.45, 7) is 2.11. The lowest BCUT2D eigenvalue weighted by molar-refractivity contribution is 0.841. The van der Waals surface area contributed by atoms with E-state index in [0.29, 0.717) is 0 Å². The van der Waals surface area contributed by atoms with Crippen molar-refractivity contribution in [2.45, 2.75) is 13.0 Å². The van der Waals surface area contributed by atoms with Gasteiger partial charge in [-0.15, -0.1) is 0 Å². The summed E-state index contributed by atoms with van der Waals surface area (Å²) in [6.07, 6.45) is 3.63. The van der Waals surface area contributed by atoms with Crippen LogP contribution in [0.3, 0.4) is 0 Å². The van der Waals surface area contributed by atoms with Crippen LogP contribution in [0, 0.1) is 0 Å². The van der Waals surface area contributed by atoms with Gasteiger partial charge in [0, 0.05) is 23.5 Å². The molecule has 0 aliphatic carbocycles. The van der Waals surface area contributed by atoms with E-state index in [-0.39, 0.29) is 6.04 Å². The molecule has 2 aromatic heterocycles. The number of benzene rings is 1. The molecule has 1 atom stereocenters. The average molecular weight is 249 g/mol. The van der Waals surface area contributed by atoms with E-state index in [1.807, 2.05) is 48.8 Å². The van der Waals surface area contributed by atoms with Gasteiger partial charge in [0.05, 0.1) is 17.3 Å². The number of anilines is 1. The quantitative estimate of drug-likeness (QED) is 0.767. The Labute approximate surface area is 112 Å². The van der Waals surface area contributed by atoms with Crippen molar-refractivity contribution in [1.82, 2.24) is 9.97 Å². The first kappa shape index (κ1) is 11.7. The molecule has 2 heterocycles. The van der Waals surface area contributed by atoms with Crippen LogP contribution in [-0.4, -0.2) is 9.97 Å². The van der Waals surface area contributed by atoms with Gasteiger partial charge in [-0.25, -0.2) is 0 Å². The van der Waals surface area contributed by atoms with Crippen LogP contribution in [0.4, 0.5) is 5.69 Å². The molecule has 1 aromatic carbocycles. The molecular formula is C16H15N3. The van der Waals surface area contributed by atoms with Crippen molar-refractivity contribution >= 4 is 16.6 Å². The first-order chi connectivity index (χ1) is 9.34. The summed E-state index contributed by atoms with van der Waals surface area (Å²) in [7, 11) is 0. The standard InChI is InChI=1S/C16H15N3/c1-12(14-7-2-3-10-17-14)19-16-9-4-8-15-13(16)6-5-11-18-15/h2-12,19H,1H3. The van der Waals surface area contributed by atoms with E-state index in [1.165, 1.54) is 0 Å². The van der Waals surface area contributed by atoms with E-state index in [2.05, 4.69) is 34.3 Å². The summed E-state index contributed by atoms with van der Waals surface area (Å²) in [5, 5.41) is 4.63. The van der Waals surface area contributed by atoms with Crippen LogP contribution in [0.25, 0.3) is 10.9 Å². The lowest BCUT2D eigenvalue weighted by atomic mass is 10.1. The fraction of sp³-hybridized carbons (Fsp3) is 0.125. The van der Waals surface area contributed by atoms with Crippen molar-refractivity contribution in [3.63, 3.8) is 0 Å². The molecule has 0 bridgehead atoms. The number of aromatic nitrogens is 2. The summed E-state index contributed by atoms with van der Waals surface area (Å²) >= 11 is 0. The van der Waals surface area contributed by atoms with Gasteiger partial charge in [-0.1, -0.05) is 12.1 Å². The molecule has 0 amide bonds. The zero-order valence-electron chi connectivity index (χ0n) is 10.7. The highest BCUT2D eigenvalue weighted by molar-refractivity contribution is 5.91. The fourth-order valence-electron chi connectivity index (χ4n) is 2.17. The van der Waals surface area contributed by atoms with E-state index >= 15 is 0 Å². The van der Waals surface area contributed by atoms with Crippen molar-refractivity contribution in [1.29, 1.82) is 0 Å². The molecule has 3 rings (SSSR count). The number of nitrogens with one attached hydrogen (secondary N) is 1. The molecule has 0 fully saturated rings. The smallest absolute Gasteiger partial charge is 0.0722 e. The molecule has 94 valence electrons. The van der Waals surface area contributed by atoms with Gasteiger partial charge in [-0.05, 0) is 43.3 Å². The van der Waals surface area contributed by atoms with Crippen LogP contribution in [0.2, 0.25) is 0 Å². The Morgan fingerprint density at radius 1 is 0.895 bits per heavy atom. The monoisotopic (exact) mass is 249 g/mol. The third-order valence-corrected chi connectivity index (χ3v) is 3.15. The Kier molecular flexibility index (Phi) is 3.11. The Balaban J connectivity index is 1.94. The van der Waals surface area contributed by atoms with E-state index < -0.39 is 0 Å². The lowest BCUT2D eigenvalue weighted by Crippen LogP contribution is -2.08. The van der Waals surface area contributed by atoms with Gasteiger partial charge in [0.15, 0.2) is 0 Å². The maximum Gasteiger partial charge on any atom is 0.0722 e. The summed E-state index contributed by atoms with van der Waals surface area (Å²) in [4.78, 5) is 8.74. The minimum Gasteiger partial charge on any atom is -0.376 e. The van der Waals surface area contributed by atoms with E-state index in [1.54, 1.807) is 0 Å². The summed E-state index contributed by atoms with van der Waals surface area (Å²) in [6, 6.07) is 16.3. The second-order valence-electron chi connectivity index (χ2n) is 4.50. The Hall–Kier alpha value is -2.42. The maximum atomic E-state index is 4.38. The summed E-state index contributed by atoms with van der Waals surface area (Å²) in [5.41, 5.74) is 3.12. The van der Waals surface area contributed by atoms with E-state index in [4.69, 9.17) is 0 Å². The first-order valence-electron chi connectivity index (χ1n) is 6.36. The number of hydrogen-bond donors (Lipinski definition) is 1. The SMILES string of the molecule is CC(Nc1cccc2ncccc12)c1ccccn1. The van der Waals surface area contributed by atoms with Crippen LogP contribution >= 0.6 is 0 Å². The van der Waals surface area contributed by atoms with Gasteiger partial charge in [0.25, 0.3) is 0 Å². The first-order valence-corrected chi connectivity index (χ1v) is 6.36. The predicted molar refractivity (Wildman–Crippen MR) is 78.0 cm³/mol. The minimum absolute atomic E-state index is 0.159. The van der Waals surface area contributed by atoms with Crippen molar-refractivity contribution in [2.24, 2.45) is 0 Å². The maximum absolute atomic E-state index is 4.38. The van der Waals surface area contributed by atoms with Crippen molar-refractivity contribution in [2.75, 3.05) is 5.32 Å². The third kappa shape index (κ3) is 2.40. The van der Waals surface area contributed by atoms with Crippen molar-refractivity contribution in [3.8, 4) is 0 Å². The Morgan fingerprint density at radius 2 is 1.79 bits per heavy atom. The molecule has 0 aliphatic heterocycles. The number of nitrogens with zero attached hydrogens (tertiary/aromatic N) is 2. The lowest BCUT2D eigenvalue weighted by Gasteiger charge is -2.16. The molecule has 19 heavy (non-hydrogen) atoms. The highest BCUT2D eigenvalue weighted by Crippen LogP contribution is 2.25. The normalized spacial score (nSPS) is 12.3. The highest BCUT2D eigenvalue weighted by atomic mass is 14.9. The van der Waals surface area contributed by atoms with Crippen LogP contribution in [-0.2, 0) is 0 Å². The number of rotatable bonds is 3. The van der Waals surface area contributed by atoms with Crippen LogP contribution in [0.5, 0.6) is 0 Å². The molecule has 1 unspecified atom stereocenters. The van der Waals surface area contributed by atoms with Crippen LogP contribution < -0.4 is 5.32 Å². The van der Waals surface area contributed by atoms with Gasteiger partial charge < -0.3 is 5.32 Å². The minimum atomic E-state index is 0.159. The van der Waals surface area contributed by atoms with Gasteiger partial charge >= 0.3 is 0 Å². The molecule has 0 radical (unpaired) electrons.